The molecule has 2 aromatic carbocycles. The molecule has 4 nitrogen and oxygen atoms in total. The molecule has 1 aliphatic rings. The number of carbonyl (C=O) groups excluding carboxylic acids is 1. The van der Waals surface area contributed by atoms with Gasteiger partial charge in [0.05, 0.1) is 23.2 Å². The van der Waals surface area contributed by atoms with Gasteiger partial charge in [0.25, 0.3) is 0 Å². The highest BCUT2D eigenvalue weighted by Gasteiger charge is 2.26. The van der Waals surface area contributed by atoms with Crippen molar-refractivity contribution in [1.29, 1.82) is 0 Å². The monoisotopic (exact) mass is 418 g/mol. The standard InChI is InChI=1S/C17H14Cl4N2O2/c18-11-5-10(6-12(19)7-11)16-9-23(3-4-25-16)17(24)22-13-1-2-14(20)15(21)8-13/h1-2,5-8,16H,3-4,9H2,(H,22,24). The largest absolute Gasteiger partial charge is 0.370 e. The predicted octanol–water partition coefficient (Wildman–Crippen LogP) is 5.91. The second-order valence-corrected chi connectivity index (χ2v) is 7.25. The molecule has 2 aromatic rings. The molecule has 25 heavy (non-hydrogen) atoms. The highest BCUT2D eigenvalue weighted by Crippen LogP contribution is 2.29. The molecule has 1 unspecified atom stereocenters. The minimum Gasteiger partial charge on any atom is -0.370 e. The fourth-order valence-corrected chi connectivity index (χ4v) is 3.41. The average molecular weight is 420 g/mol. The molecule has 132 valence electrons. The summed E-state index contributed by atoms with van der Waals surface area (Å²) < 4.78 is 5.76. The van der Waals surface area contributed by atoms with Crippen molar-refractivity contribution >= 4 is 58.1 Å². The third kappa shape index (κ3) is 4.72. The molecule has 1 saturated heterocycles. The zero-order valence-electron chi connectivity index (χ0n) is 12.9. The van der Waals surface area contributed by atoms with Gasteiger partial charge in [0.1, 0.15) is 6.10 Å². The summed E-state index contributed by atoms with van der Waals surface area (Å²) in [7, 11) is 0. The molecule has 0 aliphatic carbocycles. The molecule has 1 atom stereocenters. The molecule has 2 amide bonds. The van der Waals surface area contributed by atoms with E-state index in [9.17, 15) is 4.79 Å². The van der Waals surface area contributed by atoms with Gasteiger partial charge in [0.2, 0.25) is 0 Å². The molecule has 1 fully saturated rings. The number of hydrogen-bond acceptors (Lipinski definition) is 2. The minimum absolute atomic E-state index is 0.236. The highest BCUT2D eigenvalue weighted by atomic mass is 35.5. The molecule has 0 aromatic heterocycles. The van der Waals surface area contributed by atoms with Crippen LogP contribution in [-0.2, 0) is 4.74 Å². The van der Waals surface area contributed by atoms with Crippen molar-refractivity contribution in [2.24, 2.45) is 0 Å². The number of halogens is 4. The van der Waals surface area contributed by atoms with Crippen LogP contribution in [0.25, 0.3) is 0 Å². The Hall–Kier alpha value is -1.17. The summed E-state index contributed by atoms with van der Waals surface area (Å²) in [6.45, 7) is 1.30. The van der Waals surface area contributed by atoms with Gasteiger partial charge in [-0.1, -0.05) is 46.4 Å². The van der Waals surface area contributed by atoms with Crippen LogP contribution in [0.4, 0.5) is 10.5 Å². The number of urea groups is 1. The highest BCUT2D eigenvalue weighted by molar-refractivity contribution is 6.42. The minimum atomic E-state index is -0.287. The van der Waals surface area contributed by atoms with Crippen LogP contribution >= 0.6 is 46.4 Å². The first-order chi connectivity index (χ1) is 11.9. The van der Waals surface area contributed by atoms with Gasteiger partial charge >= 0.3 is 6.03 Å². The molecular formula is C17H14Cl4N2O2. The van der Waals surface area contributed by atoms with Crippen molar-refractivity contribution in [3.8, 4) is 0 Å². The Morgan fingerprint density at radius 3 is 2.44 bits per heavy atom. The molecular weight excluding hydrogens is 406 g/mol. The summed E-state index contributed by atoms with van der Waals surface area (Å²) in [5, 5.41) is 4.69. The fraction of sp³-hybridized carbons (Fsp3) is 0.235. The SMILES string of the molecule is O=C(Nc1ccc(Cl)c(Cl)c1)N1CCOC(c2cc(Cl)cc(Cl)c2)C1. The maximum atomic E-state index is 12.5. The average Bonchev–Trinajstić information content (AvgIpc) is 2.57. The van der Waals surface area contributed by atoms with Crippen LogP contribution in [0, 0.1) is 0 Å². The lowest BCUT2D eigenvalue weighted by Crippen LogP contribution is -2.44. The van der Waals surface area contributed by atoms with E-state index in [0.29, 0.717) is 45.5 Å². The first-order valence-electron chi connectivity index (χ1n) is 7.51. The molecule has 0 radical (unpaired) electrons. The van der Waals surface area contributed by atoms with Crippen molar-refractivity contribution < 1.29 is 9.53 Å². The number of ether oxygens (including phenoxy) is 1. The second kappa shape index (κ2) is 8.02. The summed E-state index contributed by atoms with van der Waals surface area (Å²) >= 11 is 24.0. The topological polar surface area (TPSA) is 41.6 Å². The quantitative estimate of drug-likeness (QED) is 0.657. The molecule has 1 N–H and O–H groups in total. The van der Waals surface area contributed by atoms with Gasteiger partial charge in [-0.25, -0.2) is 4.79 Å². The first kappa shape index (κ1) is 18.6. The van der Waals surface area contributed by atoms with Crippen molar-refractivity contribution in [3.05, 3.63) is 62.1 Å². The van der Waals surface area contributed by atoms with E-state index in [2.05, 4.69) is 5.32 Å². The smallest absolute Gasteiger partial charge is 0.322 e. The van der Waals surface area contributed by atoms with E-state index in [0.717, 1.165) is 5.56 Å². The molecule has 8 heteroatoms. The van der Waals surface area contributed by atoms with Crippen LogP contribution in [0.5, 0.6) is 0 Å². The number of hydrogen-bond donors (Lipinski definition) is 1. The van der Waals surface area contributed by atoms with E-state index < -0.39 is 0 Å². The first-order valence-corrected chi connectivity index (χ1v) is 9.02. The van der Waals surface area contributed by atoms with E-state index in [-0.39, 0.29) is 12.1 Å². The molecule has 0 spiro atoms. The third-order valence-corrected chi connectivity index (χ3v) is 4.96. The lowest BCUT2D eigenvalue weighted by Gasteiger charge is -2.33. The number of nitrogens with one attached hydrogen (secondary N) is 1. The van der Waals surface area contributed by atoms with E-state index in [1.54, 1.807) is 41.3 Å². The molecule has 0 saturated carbocycles. The maximum absolute atomic E-state index is 12.5. The number of rotatable bonds is 2. The van der Waals surface area contributed by atoms with Gasteiger partial charge in [-0.3, -0.25) is 0 Å². The Labute approximate surface area is 165 Å². The summed E-state index contributed by atoms with van der Waals surface area (Å²) in [4.78, 5) is 14.2. The van der Waals surface area contributed by atoms with Crippen molar-refractivity contribution in [2.45, 2.75) is 6.10 Å². The number of carbonyl (C=O) groups is 1. The van der Waals surface area contributed by atoms with E-state index in [1.165, 1.54) is 0 Å². The van der Waals surface area contributed by atoms with Crippen LogP contribution in [0.3, 0.4) is 0 Å². The number of anilines is 1. The molecule has 1 aliphatic heterocycles. The third-order valence-electron chi connectivity index (χ3n) is 3.78. The summed E-state index contributed by atoms with van der Waals surface area (Å²) in [6, 6.07) is 9.94. The van der Waals surface area contributed by atoms with Crippen LogP contribution in [0.15, 0.2) is 36.4 Å². The number of nitrogens with zero attached hydrogens (tertiary/aromatic N) is 1. The van der Waals surface area contributed by atoms with Crippen molar-refractivity contribution in [1.82, 2.24) is 4.90 Å². The van der Waals surface area contributed by atoms with Gasteiger partial charge in [0, 0.05) is 22.3 Å². The Bertz CT molecular complexity index is 780. The van der Waals surface area contributed by atoms with Crippen molar-refractivity contribution in [2.75, 3.05) is 25.0 Å². The van der Waals surface area contributed by atoms with Crippen molar-refractivity contribution in [3.63, 3.8) is 0 Å². The zero-order chi connectivity index (χ0) is 18.0. The molecule has 1 heterocycles. The van der Waals surface area contributed by atoms with E-state index in [1.807, 2.05) is 0 Å². The van der Waals surface area contributed by atoms with Gasteiger partial charge in [-0.2, -0.15) is 0 Å². The Kier molecular flexibility index (Phi) is 5.97. The summed E-state index contributed by atoms with van der Waals surface area (Å²) in [5.74, 6) is 0. The van der Waals surface area contributed by atoms with Gasteiger partial charge < -0.3 is 15.0 Å². The number of morpholine rings is 1. The van der Waals surface area contributed by atoms with E-state index in [4.69, 9.17) is 51.1 Å². The number of amides is 2. The lowest BCUT2D eigenvalue weighted by molar-refractivity contribution is -0.0134. The fourth-order valence-electron chi connectivity index (χ4n) is 2.57. The van der Waals surface area contributed by atoms with Crippen LogP contribution in [0.2, 0.25) is 20.1 Å². The second-order valence-electron chi connectivity index (χ2n) is 5.57. The van der Waals surface area contributed by atoms with Crippen LogP contribution in [-0.4, -0.2) is 30.6 Å². The van der Waals surface area contributed by atoms with Crippen LogP contribution in [0.1, 0.15) is 11.7 Å². The predicted molar refractivity (Wildman–Crippen MR) is 102 cm³/mol. The zero-order valence-corrected chi connectivity index (χ0v) is 16.0. The normalized spacial score (nSPS) is 17.4. The van der Waals surface area contributed by atoms with Gasteiger partial charge in [-0.05, 0) is 42.0 Å². The molecule has 3 rings (SSSR count). The summed E-state index contributed by atoms with van der Waals surface area (Å²) in [6.07, 6.45) is -0.287. The van der Waals surface area contributed by atoms with Gasteiger partial charge in [-0.15, -0.1) is 0 Å². The number of benzene rings is 2. The molecule has 0 bridgehead atoms. The summed E-state index contributed by atoms with van der Waals surface area (Å²) in [5.41, 5.74) is 1.41. The Morgan fingerprint density at radius 2 is 1.76 bits per heavy atom. The van der Waals surface area contributed by atoms with Gasteiger partial charge in [0.15, 0.2) is 0 Å². The maximum Gasteiger partial charge on any atom is 0.322 e. The lowest BCUT2D eigenvalue weighted by atomic mass is 10.1. The van der Waals surface area contributed by atoms with E-state index >= 15 is 0 Å². The Balaban J connectivity index is 1.69. The Morgan fingerprint density at radius 1 is 1.04 bits per heavy atom. The van der Waals surface area contributed by atoms with Crippen LogP contribution < -0.4 is 5.32 Å².